The van der Waals surface area contributed by atoms with E-state index in [0.717, 1.165) is 12.8 Å². The number of ether oxygens (including phenoxy) is 2. The zero-order chi connectivity index (χ0) is 11.4. The van der Waals surface area contributed by atoms with Crippen molar-refractivity contribution in [3.8, 4) is 5.75 Å². The largest absolute Gasteiger partial charge is 0.471 e. The van der Waals surface area contributed by atoms with Gasteiger partial charge in [0.25, 0.3) is 0 Å². The molecule has 2 rings (SSSR count). The maximum Gasteiger partial charge on any atom is 0.181 e. The molecule has 0 amide bonds. The van der Waals surface area contributed by atoms with E-state index in [0.29, 0.717) is 24.5 Å². The Balaban J connectivity index is 0.00000144. The standard InChI is InChI=1S/C12H15NO3.ClH/c1-12(9-15-6-5-13-12)16-11-4-2-3-10(7-11)8-14;/h2-4,7-8,13H,5-6,9H2,1H3;1H/t12-;/m0./s1. The van der Waals surface area contributed by atoms with Crippen LogP contribution in [0.5, 0.6) is 5.75 Å². The van der Waals surface area contributed by atoms with Crippen LogP contribution in [-0.4, -0.2) is 31.8 Å². The summed E-state index contributed by atoms with van der Waals surface area (Å²) in [6.07, 6.45) is 0.806. The van der Waals surface area contributed by atoms with Crippen molar-refractivity contribution in [2.75, 3.05) is 19.8 Å². The molecular formula is C12H16ClNO3. The van der Waals surface area contributed by atoms with Crippen molar-refractivity contribution >= 4 is 18.7 Å². The number of aldehydes is 1. The van der Waals surface area contributed by atoms with Crippen molar-refractivity contribution in [1.82, 2.24) is 5.32 Å². The van der Waals surface area contributed by atoms with Crippen molar-refractivity contribution in [2.24, 2.45) is 0 Å². The highest BCUT2D eigenvalue weighted by atomic mass is 35.5. The summed E-state index contributed by atoms with van der Waals surface area (Å²) >= 11 is 0. The van der Waals surface area contributed by atoms with Crippen LogP contribution >= 0.6 is 12.4 Å². The van der Waals surface area contributed by atoms with E-state index in [-0.39, 0.29) is 12.4 Å². The zero-order valence-electron chi connectivity index (χ0n) is 9.64. The number of carbonyl (C=O) groups excluding carboxylic acids is 1. The fraction of sp³-hybridized carbons (Fsp3) is 0.417. The maximum atomic E-state index is 10.6. The zero-order valence-corrected chi connectivity index (χ0v) is 10.5. The lowest BCUT2D eigenvalue weighted by Gasteiger charge is -2.35. The van der Waals surface area contributed by atoms with Gasteiger partial charge >= 0.3 is 0 Å². The third-order valence-corrected chi connectivity index (χ3v) is 2.46. The number of rotatable bonds is 3. The van der Waals surface area contributed by atoms with Gasteiger partial charge in [0.15, 0.2) is 5.72 Å². The number of benzene rings is 1. The lowest BCUT2D eigenvalue weighted by molar-refractivity contribution is -0.0702. The molecule has 1 aliphatic heterocycles. The van der Waals surface area contributed by atoms with Gasteiger partial charge in [0, 0.05) is 12.1 Å². The van der Waals surface area contributed by atoms with Gasteiger partial charge in [-0.05, 0) is 19.1 Å². The second-order valence-electron chi connectivity index (χ2n) is 4.00. The average molecular weight is 258 g/mol. The Kier molecular flexibility index (Phi) is 4.93. The fourth-order valence-corrected chi connectivity index (χ4v) is 1.68. The third kappa shape index (κ3) is 3.70. The Hall–Kier alpha value is -1.10. The van der Waals surface area contributed by atoms with Crippen molar-refractivity contribution in [2.45, 2.75) is 12.6 Å². The van der Waals surface area contributed by atoms with Crippen LogP contribution in [0, 0.1) is 0 Å². The van der Waals surface area contributed by atoms with Crippen LogP contribution in [0.25, 0.3) is 0 Å². The van der Waals surface area contributed by atoms with Gasteiger partial charge < -0.3 is 9.47 Å². The highest BCUT2D eigenvalue weighted by Gasteiger charge is 2.29. The summed E-state index contributed by atoms with van der Waals surface area (Å²) in [6, 6.07) is 7.09. The molecule has 1 fully saturated rings. The minimum absolute atomic E-state index is 0. The van der Waals surface area contributed by atoms with E-state index in [1.165, 1.54) is 0 Å². The van der Waals surface area contributed by atoms with Crippen LogP contribution in [0.2, 0.25) is 0 Å². The summed E-state index contributed by atoms with van der Waals surface area (Å²) in [5.41, 5.74) is 0.0950. The second-order valence-corrected chi connectivity index (χ2v) is 4.00. The lowest BCUT2D eigenvalue weighted by Crippen LogP contribution is -2.56. The number of carbonyl (C=O) groups is 1. The van der Waals surface area contributed by atoms with Gasteiger partial charge in [0.2, 0.25) is 0 Å². The molecule has 1 N–H and O–H groups in total. The molecule has 1 atom stereocenters. The molecule has 4 nitrogen and oxygen atoms in total. The molecule has 1 aromatic carbocycles. The summed E-state index contributed by atoms with van der Waals surface area (Å²) in [5, 5.41) is 3.25. The highest BCUT2D eigenvalue weighted by molar-refractivity contribution is 5.85. The summed E-state index contributed by atoms with van der Waals surface area (Å²) < 4.78 is 11.1. The number of hydrogen-bond acceptors (Lipinski definition) is 4. The Labute approximate surface area is 107 Å². The van der Waals surface area contributed by atoms with Gasteiger partial charge in [-0.2, -0.15) is 0 Å². The van der Waals surface area contributed by atoms with Gasteiger partial charge in [0.05, 0.1) is 6.61 Å². The molecule has 1 aromatic rings. The molecule has 0 aromatic heterocycles. The highest BCUT2D eigenvalue weighted by Crippen LogP contribution is 2.19. The Morgan fingerprint density at radius 3 is 3.00 bits per heavy atom. The Bertz CT molecular complexity index is 378. The van der Waals surface area contributed by atoms with Gasteiger partial charge in [-0.3, -0.25) is 10.1 Å². The van der Waals surface area contributed by atoms with E-state index < -0.39 is 5.72 Å². The minimum Gasteiger partial charge on any atom is -0.471 e. The normalized spacial score (nSPS) is 23.6. The predicted molar refractivity (Wildman–Crippen MR) is 66.9 cm³/mol. The first-order valence-electron chi connectivity index (χ1n) is 5.29. The molecule has 1 saturated heterocycles. The molecule has 0 unspecified atom stereocenters. The van der Waals surface area contributed by atoms with Gasteiger partial charge in [0.1, 0.15) is 18.6 Å². The maximum absolute atomic E-state index is 10.6. The molecule has 17 heavy (non-hydrogen) atoms. The van der Waals surface area contributed by atoms with Gasteiger partial charge in [-0.15, -0.1) is 12.4 Å². The summed E-state index contributed by atoms with van der Waals surface area (Å²) in [5.74, 6) is 0.671. The average Bonchev–Trinajstić information content (AvgIpc) is 2.29. The van der Waals surface area contributed by atoms with E-state index >= 15 is 0 Å². The number of morpholine rings is 1. The first-order chi connectivity index (χ1) is 7.72. The van der Waals surface area contributed by atoms with E-state index in [9.17, 15) is 4.79 Å². The molecule has 1 aliphatic rings. The van der Waals surface area contributed by atoms with Crippen LogP contribution in [0.4, 0.5) is 0 Å². The number of halogens is 1. The van der Waals surface area contributed by atoms with Gasteiger partial charge in [-0.25, -0.2) is 0 Å². The van der Waals surface area contributed by atoms with E-state index in [2.05, 4.69) is 5.32 Å². The molecule has 5 heteroatoms. The fourth-order valence-electron chi connectivity index (χ4n) is 1.68. The lowest BCUT2D eigenvalue weighted by atomic mass is 10.2. The van der Waals surface area contributed by atoms with Crippen LogP contribution < -0.4 is 10.1 Å². The number of nitrogens with one attached hydrogen (secondary N) is 1. The first kappa shape index (κ1) is 14.0. The molecular weight excluding hydrogens is 242 g/mol. The van der Waals surface area contributed by atoms with Crippen LogP contribution in [0.3, 0.4) is 0 Å². The molecule has 0 spiro atoms. The van der Waals surface area contributed by atoms with Crippen molar-refractivity contribution in [3.05, 3.63) is 29.8 Å². The third-order valence-electron chi connectivity index (χ3n) is 2.46. The van der Waals surface area contributed by atoms with E-state index in [1.54, 1.807) is 18.2 Å². The Morgan fingerprint density at radius 1 is 1.53 bits per heavy atom. The molecule has 94 valence electrons. The van der Waals surface area contributed by atoms with Crippen LogP contribution in [0.15, 0.2) is 24.3 Å². The predicted octanol–water partition coefficient (Wildman–Crippen LogP) is 1.64. The minimum atomic E-state index is -0.514. The topological polar surface area (TPSA) is 47.6 Å². The Morgan fingerprint density at radius 2 is 2.35 bits per heavy atom. The summed E-state index contributed by atoms with van der Waals surface area (Å²) in [6.45, 7) is 3.90. The summed E-state index contributed by atoms with van der Waals surface area (Å²) in [7, 11) is 0. The van der Waals surface area contributed by atoms with Crippen LogP contribution in [0.1, 0.15) is 17.3 Å². The smallest absolute Gasteiger partial charge is 0.181 e. The van der Waals surface area contributed by atoms with Crippen molar-refractivity contribution in [3.63, 3.8) is 0 Å². The van der Waals surface area contributed by atoms with Crippen molar-refractivity contribution in [1.29, 1.82) is 0 Å². The number of hydrogen-bond donors (Lipinski definition) is 1. The first-order valence-corrected chi connectivity index (χ1v) is 5.29. The van der Waals surface area contributed by atoms with E-state index in [1.807, 2.05) is 13.0 Å². The van der Waals surface area contributed by atoms with E-state index in [4.69, 9.17) is 9.47 Å². The van der Waals surface area contributed by atoms with Gasteiger partial charge in [-0.1, -0.05) is 12.1 Å². The summed E-state index contributed by atoms with van der Waals surface area (Å²) in [4.78, 5) is 10.6. The molecule has 1 heterocycles. The monoisotopic (exact) mass is 257 g/mol. The molecule has 0 bridgehead atoms. The van der Waals surface area contributed by atoms with Crippen LogP contribution in [-0.2, 0) is 4.74 Å². The van der Waals surface area contributed by atoms with Crippen molar-refractivity contribution < 1.29 is 14.3 Å². The molecule has 0 saturated carbocycles. The molecule has 0 aliphatic carbocycles. The molecule has 0 radical (unpaired) electrons. The quantitative estimate of drug-likeness (QED) is 0.837. The second kappa shape index (κ2) is 6.00. The SMILES string of the molecule is C[C@]1(Oc2cccc(C=O)c2)COCCN1.Cl.